The van der Waals surface area contributed by atoms with Gasteiger partial charge in [0.05, 0.1) is 19.3 Å². The van der Waals surface area contributed by atoms with Gasteiger partial charge in [0.15, 0.2) is 0 Å². The van der Waals surface area contributed by atoms with E-state index < -0.39 is 0 Å². The van der Waals surface area contributed by atoms with E-state index in [1.165, 1.54) is 5.56 Å². The second-order valence-electron chi connectivity index (χ2n) is 4.59. The zero-order chi connectivity index (χ0) is 14.1. The predicted octanol–water partition coefficient (Wildman–Crippen LogP) is 3.55. The second kappa shape index (κ2) is 8.94. The highest BCUT2D eigenvalue weighted by molar-refractivity contribution is 5.29. The number of likely N-dealkylation sites (N-methyl/N-ethyl adjacent to an activating group) is 1. The quantitative estimate of drug-likeness (QED) is 0.740. The van der Waals surface area contributed by atoms with Crippen molar-refractivity contribution in [2.45, 2.75) is 45.8 Å². The van der Waals surface area contributed by atoms with Gasteiger partial charge in [0, 0.05) is 6.61 Å². The van der Waals surface area contributed by atoms with E-state index in [9.17, 15) is 0 Å². The van der Waals surface area contributed by atoms with Gasteiger partial charge in [-0.25, -0.2) is 0 Å². The van der Waals surface area contributed by atoms with Crippen LogP contribution in [0, 0.1) is 0 Å². The third-order valence-corrected chi connectivity index (χ3v) is 3.22. The monoisotopic (exact) mass is 265 g/mol. The molecule has 0 saturated carbocycles. The van der Waals surface area contributed by atoms with Crippen LogP contribution in [0.4, 0.5) is 0 Å². The molecular formula is C16H27NO2. The standard InChI is InChI=1S/C16H27NO2/c1-5-8-15(19-7-3)16(17-6-2)13-9-11-14(18-4)12-10-13/h9-12,15-17H,5-8H2,1-4H3. The van der Waals surface area contributed by atoms with E-state index in [4.69, 9.17) is 9.47 Å². The van der Waals surface area contributed by atoms with Crippen molar-refractivity contribution in [1.82, 2.24) is 5.32 Å². The lowest BCUT2D eigenvalue weighted by Crippen LogP contribution is -2.34. The molecule has 0 fully saturated rings. The Morgan fingerprint density at radius 3 is 2.26 bits per heavy atom. The molecule has 0 radical (unpaired) electrons. The molecule has 1 aromatic rings. The maximum absolute atomic E-state index is 5.91. The maximum atomic E-state index is 5.91. The summed E-state index contributed by atoms with van der Waals surface area (Å²) in [6.07, 6.45) is 2.42. The highest BCUT2D eigenvalue weighted by Crippen LogP contribution is 2.24. The number of nitrogens with one attached hydrogen (secondary N) is 1. The summed E-state index contributed by atoms with van der Waals surface area (Å²) in [6.45, 7) is 8.07. The Hall–Kier alpha value is -1.06. The zero-order valence-electron chi connectivity index (χ0n) is 12.6. The highest BCUT2D eigenvalue weighted by atomic mass is 16.5. The van der Waals surface area contributed by atoms with Gasteiger partial charge < -0.3 is 14.8 Å². The Kier molecular flexibility index (Phi) is 7.53. The van der Waals surface area contributed by atoms with Gasteiger partial charge in [-0.2, -0.15) is 0 Å². The third kappa shape index (κ3) is 4.84. The van der Waals surface area contributed by atoms with Crippen molar-refractivity contribution in [3.63, 3.8) is 0 Å². The fraction of sp³-hybridized carbons (Fsp3) is 0.625. The number of rotatable bonds is 9. The Morgan fingerprint density at radius 2 is 1.79 bits per heavy atom. The van der Waals surface area contributed by atoms with Crippen molar-refractivity contribution in [3.05, 3.63) is 29.8 Å². The van der Waals surface area contributed by atoms with Gasteiger partial charge >= 0.3 is 0 Å². The summed E-state index contributed by atoms with van der Waals surface area (Å²) in [5, 5.41) is 3.54. The summed E-state index contributed by atoms with van der Waals surface area (Å²) in [5.74, 6) is 0.891. The molecule has 108 valence electrons. The van der Waals surface area contributed by atoms with Gasteiger partial charge in [-0.3, -0.25) is 0 Å². The molecule has 2 unspecified atom stereocenters. The largest absolute Gasteiger partial charge is 0.497 e. The first kappa shape index (κ1) is 16.0. The molecule has 3 heteroatoms. The molecule has 0 aliphatic carbocycles. The Bertz CT molecular complexity index is 331. The molecule has 0 bridgehead atoms. The minimum Gasteiger partial charge on any atom is -0.497 e. The van der Waals surface area contributed by atoms with Crippen LogP contribution in [-0.4, -0.2) is 26.4 Å². The predicted molar refractivity (Wildman–Crippen MR) is 79.7 cm³/mol. The molecule has 1 aromatic carbocycles. The second-order valence-corrected chi connectivity index (χ2v) is 4.59. The van der Waals surface area contributed by atoms with Crippen molar-refractivity contribution in [2.75, 3.05) is 20.3 Å². The molecule has 0 saturated heterocycles. The van der Waals surface area contributed by atoms with Crippen molar-refractivity contribution >= 4 is 0 Å². The number of methoxy groups -OCH3 is 1. The summed E-state index contributed by atoms with van der Waals surface area (Å²) in [7, 11) is 1.69. The summed E-state index contributed by atoms with van der Waals surface area (Å²) in [4.78, 5) is 0. The minimum atomic E-state index is 0.225. The van der Waals surface area contributed by atoms with Crippen LogP contribution in [0.25, 0.3) is 0 Å². The van der Waals surface area contributed by atoms with Gasteiger partial charge in [-0.1, -0.05) is 32.4 Å². The van der Waals surface area contributed by atoms with Gasteiger partial charge in [0.1, 0.15) is 5.75 Å². The van der Waals surface area contributed by atoms with E-state index >= 15 is 0 Å². The van der Waals surface area contributed by atoms with Crippen LogP contribution in [0.1, 0.15) is 45.2 Å². The molecule has 0 aromatic heterocycles. The van der Waals surface area contributed by atoms with Crippen molar-refractivity contribution in [1.29, 1.82) is 0 Å². The van der Waals surface area contributed by atoms with E-state index in [1.54, 1.807) is 7.11 Å². The summed E-state index contributed by atoms with van der Waals surface area (Å²) in [5.41, 5.74) is 1.26. The van der Waals surface area contributed by atoms with Crippen LogP contribution in [0.15, 0.2) is 24.3 Å². The lowest BCUT2D eigenvalue weighted by molar-refractivity contribution is 0.0280. The molecule has 0 aliphatic heterocycles. The molecule has 0 spiro atoms. The zero-order valence-corrected chi connectivity index (χ0v) is 12.6. The molecule has 2 atom stereocenters. The summed E-state index contributed by atoms with van der Waals surface area (Å²) >= 11 is 0. The Morgan fingerprint density at radius 1 is 1.11 bits per heavy atom. The fourth-order valence-electron chi connectivity index (χ4n) is 2.34. The molecule has 0 aliphatic rings. The minimum absolute atomic E-state index is 0.225. The first-order valence-corrected chi connectivity index (χ1v) is 7.25. The van der Waals surface area contributed by atoms with E-state index in [1.807, 2.05) is 12.1 Å². The van der Waals surface area contributed by atoms with Crippen LogP contribution in [0.5, 0.6) is 5.75 Å². The Labute approximate surface area is 117 Å². The SMILES string of the molecule is CCCC(OCC)C(NCC)c1ccc(OC)cc1. The van der Waals surface area contributed by atoms with Crippen molar-refractivity contribution in [3.8, 4) is 5.75 Å². The van der Waals surface area contributed by atoms with E-state index in [2.05, 4.69) is 38.2 Å². The lowest BCUT2D eigenvalue weighted by atomic mass is 9.98. The van der Waals surface area contributed by atoms with Crippen LogP contribution < -0.4 is 10.1 Å². The van der Waals surface area contributed by atoms with Gasteiger partial charge in [-0.05, 0) is 37.6 Å². The van der Waals surface area contributed by atoms with E-state index in [-0.39, 0.29) is 12.1 Å². The topological polar surface area (TPSA) is 30.5 Å². The lowest BCUT2D eigenvalue weighted by Gasteiger charge is -2.28. The summed E-state index contributed by atoms with van der Waals surface area (Å²) < 4.78 is 11.1. The molecule has 1 N–H and O–H groups in total. The maximum Gasteiger partial charge on any atom is 0.118 e. The van der Waals surface area contributed by atoms with Gasteiger partial charge in [0.2, 0.25) is 0 Å². The molecule has 0 heterocycles. The van der Waals surface area contributed by atoms with Crippen LogP contribution >= 0.6 is 0 Å². The summed E-state index contributed by atoms with van der Waals surface area (Å²) in [6, 6.07) is 8.50. The Balaban J connectivity index is 2.88. The molecule has 3 nitrogen and oxygen atoms in total. The number of ether oxygens (including phenoxy) is 2. The molecule has 0 amide bonds. The van der Waals surface area contributed by atoms with E-state index in [0.29, 0.717) is 0 Å². The normalized spacial score (nSPS) is 14.1. The first-order valence-electron chi connectivity index (χ1n) is 7.25. The molecule has 1 rings (SSSR count). The number of hydrogen-bond acceptors (Lipinski definition) is 3. The average molecular weight is 265 g/mol. The number of benzene rings is 1. The van der Waals surface area contributed by atoms with Crippen molar-refractivity contribution in [2.24, 2.45) is 0 Å². The fourth-order valence-corrected chi connectivity index (χ4v) is 2.34. The van der Waals surface area contributed by atoms with Crippen LogP contribution in [0.2, 0.25) is 0 Å². The molecule has 19 heavy (non-hydrogen) atoms. The van der Waals surface area contributed by atoms with E-state index in [0.717, 1.165) is 31.7 Å². The first-order chi connectivity index (χ1) is 9.26. The van der Waals surface area contributed by atoms with Gasteiger partial charge in [0.25, 0.3) is 0 Å². The highest BCUT2D eigenvalue weighted by Gasteiger charge is 2.22. The van der Waals surface area contributed by atoms with Gasteiger partial charge in [-0.15, -0.1) is 0 Å². The van der Waals surface area contributed by atoms with Crippen LogP contribution in [-0.2, 0) is 4.74 Å². The van der Waals surface area contributed by atoms with Crippen LogP contribution in [0.3, 0.4) is 0 Å². The number of hydrogen-bond donors (Lipinski definition) is 1. The average Bonchev–Trinajstić information content (AvgIpc) is 2.45. The van der Waals surface area contributed by atoms with Crippen molar-refractivity contribution < 1.29 is 9.47 Å². The molecular weight excluding hydrogens is 238 g/mol. The third-order valence-electron chi connectivity index (χ3n) is 3.22. The smallest absolute Gasteiger partial charge is 0.118 e.